The van der Waals surface area contributed by atoms with Gasteiger partial charge in [-0.1, -0.05) is 93.6 Å². The highest BCUT2D eigenvalue weighted by Gasteiger charge is 2.66. The van der Waals surface area contributed by atoms with Gasteiger partial charge in [0.2, 0.25) is 11.8 Å². The van der Waals surface area contributed by atoms with Crippen LogP contribution in [-0.4, -0.2) is 60.6 Å². The number of carbonyl (C=O) groups is 3. The quantitative estimate of drug-likeness (QED) is 0.176. The number of aliphatic hydroxyl groups is 1. The number of nitrogens with zero attached hydrogens (tertiary/aromatic N) is 3. The highest BCUT2D eigenvalue weighted by molar-refractivity contribution is 6.07. The molecule has 1 spiro atoms. The number of hydrogen-bond donors (Lipinski definition) is 1. The van der Waals surface area contributed by atoms with Crippen LogP contribution in [0.5, 0.6) is 5.75 Å². The number of fused-ring (bicyclic) bond motifs is 2. The molecule has 52 heavy (non-hydrogen) atoms. The molecule has 3 aliphatic heterocycles. The lowest BCUT2D eigenvalue weighted by Crippen LogP contribution is -2.45. The summed E-state index contributed by atoms with van der Waals surface area (Å²) in [5, 5.41) is 9.97. The van der Waals surface area contributed by atoms with Gasteiger partial charge in [0.05, 0.1) is 38.5 Å². The molecule has 2 fully saturated rings. The summed E-state index contributed by atoms with van der Waals surface area (Å²) in [7, 11) is 1.64. The van der Waals surface area contributed by atoms with Crippen molar-refractivity contribution >= 4 is 29.1 Å². The summed E-state index contributed by atoms with van der Waals surface area (Å²) in [4.78, 5) is 46.6. The van der Waals surface area contributed by atoms with E-state index in [1.54, 1.807) is 16.9 Å². The third-order valence-electron chi connectivity index (χ3n) is 11.5. The molecule has 0 radical (unpaired) electrons. The van der Waals surface area contributed by atoms with Gasteiger partial charge in [-0.15, -0.1) is 0 Å². The molecule has 0 aliphatic carbocycles. The predicted molar refractivity (Wildman–Crippen MR) is 200 cm³/mol. The van der Waals surface area contributed by atoms with Gasteiger partial charge in [0.25, 0.3) is 5.91 Å². The van der Waals surface area contributed by atoms with E-state index in [1.807, 2.05) is 95.9 Å². The maximum Gasteiger partial charge on any atom is 0.264 e. The molecule has 9 heteroatoms. The SMILES string of the molecule is COc1ccc(C(C)(C)[C@H]2[C@H](CC(=O)N(CCO)Cc3ccccc3)O[C@@]3(C(=O)N(Cc4ccc(N5CCC5=O)cc4)c4ccccc43)[C@@H]2C)cc1. The third-order valence-corrected chi connectivity index (χ3v) is 11.5. The van der Waals surface area contributed by atoms with Gasteiger partial charge in [-0.05, 0) is 52.4 Å². The van der Waals surface area contributed by atoms with Crippen LogP contribution >= 0.6 is 0 Å². The second-order valence-electron chi connectivity index (χ2n) is 14.8. The molecule has 9 nitrogen and oxygen atoms in total. The van der Waals surface area contributed by atoms with Gasteiger partial charge in [-0.2, -0.15) is 0 Å². The summed E-state index contributed by atoms with van der Waals surface area (Å²) in [6, 6.07) is 33.4. The van der Waals surface area contributed by atoms with Crippen LogP contribution in [0, 0.1) is 11.8 Å². The van der Waals surface area contributed by atoms with Crippen LogP contribution < -0.4 is 14.5 Å². The van der Waals surface area contributed by atoms with Crippen molar-refractivity contribution in [2.75, 3.05) is 36.6 Å². The Morgan fingerprint density at radius 1 is 0.942 bits per heavy atom. The van der Waals surface area contributed by atoms with Gasteiger partial charge >= 0.3 is 0 Å². The van der Waals surface area contributed by atoms with Crippen molar-refractivity contribution in [2.45, 2.75) is 63.8 Å². The number of aliphatic hydroxyl groups excluding tert-OH is 1. The zero-order valence-corrected chi connectivity index (χ0v) is 30.3. The van der Waals surface area contributed by atoms with E-state index in [0.29, 0.717) is 19.5 Å². The molecule has 1 N–H and O–H groups in total. The van der Waals surface area contributed by atoms with E-state index in [1.165, 1.54) is 0 Å². The highest BCUT2D eigenvalue weighted by Crippen LogP contribution is 2.60. The number of methoxy groups -OCH3 is 1. The molecule has 270 valence electrons. The van der Waals surface area contributed by atoms with Crippen LogP contribution in [0.1, 0.15) is 55.9 Å². The van der Waals surface area contributed by atoms with Gasteiger partial charge < -0.3 is 29.3 Å². The summed E-state index contributed by atoms with van der Waals surface area (Å²) in [6.45, 7) is 7.86. The molecule has 2 saturated heterocycles. The molecule has 3 amide bonds. The molecule has 7 rings (SSSR count). The Morgan fingerprint density at radius 3 is 2.27 bits per heavy atom. The lowest BCUT2D eigenvalue weighted by molar-refractivity contribution is -0.150. The molecule has 4 atom stereocenters. The van der Waals surface area contributed by atoms with Gasteiger partial charge in [0, 0.05) is 49.1 Å². The Bertz CT molecular complexity index is 1930. The van der Waals surface area contributed by atoms with Crippen LogP contribution in [-0.2, 0) is 43.2 Å². The van der Waals surface area contributed by atoms with E-state index in [4.69, 9.17) is 9.47 Å². The Kier molecular flexibility index (Phi) is 9.67. The first-order valence-electron chi connectivity index (χ1n) is 18.1. The number of anilines is 2. The molecule has 0 bridgehead atoms. The predicted octanol–water partition coefficient (Wildman–Crippen LogP) is 6.21. The monoisotopic (exact) mass is 701 g/mol. The Morgan fingerprint density at radius 2 is 1.63 bits per heavy atom. The van der Waals surface area contributed by atoms with Gasteiger partial charge in [-0.25, -0.2) is 0 Å². The topological polar surface area (TPSA) is 99.6 Å². The normalized spacial score (nSPS) is 22.4. The zero-order valence-electron chi connectivity index (χ0n) is 30.3. The fraction of sp³-hybridized carbons (Fsp3) is 0.372. The van der Waals surface area contributed by atoms with Crippen molar-refractivity contribution in [3.63, 3.8) is 0 Å². The molecule has 0 saturated carbocycles. The van der Waals surface area contributed by atoms with Crippen LogP contribution in [0.2, 0.25) is 0 Å². The summed E-state index contributed by atoms with van der Waals surface area (Å²) in [5.41, 5.74) is 3.57. The van der Waals surface area contributed by atoms with Crippen molar-refractivity contribution < 1.29 is 29.0 Å². The van der Waals surface area contributed by atoms with Crippen molar-refractivity contribution in [3.8, 4) is 5.75 Å². The smallest absolute Gasteiger partial charge is 0.264 e. The minimum atomic E-state index is -1.32. The van der Waals surface area contributed by atoms with E-state index in [-0.39, 0.29) is 49.1 Å². The van der Waals surface area contributed by atoms with E-state index >= 15 is 4.79 Å². The van der Waals surface area contributed by atoms with Crippen LogP contribution in [0.25, 0.3) is 0 Å². The lowest BCUT2D eigenvalue weighted by atomic mass is 9.63. The Hall–Kier alpha value is -4.99. The first-order valence-corrected chi connectivity index (χ1v) is 18.1. The number of carbonyl (C=O) groups excluding carboxylic acids is 3. The number of rotatable bonds is 12. The van der Waals surface area contributed by atoms with Gasteiger partial charge in [0.1, 0.15) is 5.75 Å². The first-order chi connectivity index (χ1) is 25.1. The average molecular weight is 702 g/mol. The first kappa shape index (κ1) is 35.4. The summed E-state index contributed by atoms with van der Waals surface area (Å²) < 4.78 is 12.6. The maximum absolute atomic E-state index is 15.1. The molecule has 3 aliphatic rings. The van der Waals surface area contributed by atoms with Crippen LogP contribution in [0.15, 0.2) is 103 Å². The molecular formula is C43H47N3O6. The fourth-order valence-electron chi connectivity index (χ4n) is 8.69. The number of para-hydroxylation sites is 1. The molecule has 0 unspecified atom stereocenters. The van der Waals surface area contributed by atoms with Crippen LogP contribution in [0.4, 0.5) is 11.4 Å². The standard InChI is InChI=1S/C43H47N3O6/c1-29-40(42(2,3)32-16-20-34(51-4)21-17-32)37(26-39(49)44(24-25-47)27-30-10-6-5-7-11-30)52-43(29)35-12-8-9-13-36(35)46(41(43)50)28-31-14-18-33(19-15-31)45-23-22-38(45)48/h5-21,29,37,40,47H,22-28H2,1-4H3/t29-,37+,40-,43+/m1/s1. The summed E-state index contributed by atoms with van der Waals surface area (Å²) in [6.07, 6.45) is 0.00742. The number of amides is 3. The summed E-state index contributed by atoms with van der Waals surface area (Å²) in [5.74, 6) is 0.0119. The number of ether oxygens (including phenoxy) is 2. The van der Waals surface area contributed by atoms with Gasteiger partial charge in [0.15, 0.2) is 5.60 Å². The van der Waals surface area contributed by atoms with Crippen LogP contribution in [0.3, 0.4) is 0 Å². The third kappa shape index (κ3) is 6.16. The molecule has 4 aromatic rings. The van der Waals surface area contributed by atoms with Gasteiger partial charge in [-0.3, -0.25) is 14.4 Å². The van der Waals surface area contributed by atoms with Crippen molar-refractivity contribution in [2.24, 2.45) is 11.8 Å². The molecule has 0 aromatic heterocycles. The minimum Gasteiger partial charge on any atom is -0.497 e. The maximum atomic E-state index is 15.1. The average Bonchev–Trinajstić information content (AvgIpc) is 3.58. The molecule has 4 aromatic carbocycles. The van der Waals surface area contributed by atoms with Crippen molar-refractivity contribution in [1.29, 1.82) is 0 Å². The fourth-order valence-corrected chi connectivity index (χ4v) is 8.69. The Balaban J connectivity index is 1.24. The van der Waals surface area contributed by atoms with E-state index in [0.717, 1.165) is 45.9 Å². The van der Waals surface area contributed by atoms with E-state index in [2.05, 4.69) is 32.9 Å². The molecule has 3 heterocycles. The van der Waals surface area contributed by atoms with Crippen molar-refractivity contribution in [1.82, 2.24) is 4.90 Å². The largest absolute Gasteiger partial charge is 0.497 e. The summed E-state index contributed by atoms with van der Waals surface area (Å²) >= 11 is 0. The number of β-lactam (4-membered cyclic amide) rings is 1. The highest BCUT2D eigenvalue weighted by atomic mass is 16.5. The van der Waals surface area contributed by atoms with E-state index in [9.17, 15) is 14.7 Å². The van der Waals surface area contributed by atoms with E-state index < -0.39 is 17.1 Å². The number of benzene rings is 4. The number of hydrogen-bond acceptors (Lipinski definition) is 6. The lowest BCUT2D eigenvalue weighted by Gasteiger charge is -2.39. The Labute approximate surface area is 305 Å². The minimum absolute atomic E-state index is 0.0509. The second-order valence-corrected chi connectivity index (χ2v) is 14.8. The zero-order chi connectivity index (χ0) is 36.6. The van der Waals surface area contributed by atoms with Crippen molar-refractivity contribution in [3.05, 3.63) is 125 Å². The molecular weight excluding hydrogens is 654 g/mol. The second kappa shape index (κ2) is 14.2.